The fourth-order valence-electron chi connectivity index (χ4n) is 1.94. The number of nitrogens with two attached hydrogens (primary N) is 1. The van der Waals surface area contributed by atoms with Crippen molar-refractivity contribution >= 4 is 11.6 Å². The summed E-state index contributed by atoms with van der Waals surface area (Å²) in [5.41, 5.74) is 7.94. The van der Waals surface area contributed by atoms with Gasteiger partial charge in [0.25, 0.3) is 0 Å². The monoisotopic (exact) mass is 248 g/mol. The van der Waals surface area contributed by atoms with E-state index in [0.29, 0.717) is 11.5 Å². The molecule has 0 bridgehead atoms. The van der Waals surface area contributed by atoms with Crippen LogP contribution in [0.5, 0.6) is 5.75 Å². The van der Waals surface area contributed by atoms with Crippen molar-refractivity contribution in [1.82, 2.24) is 0 Å². The lowest BCUT2D eigenvalue weighted by molar-refractivity contribution is -0.122. The van der Waals surface area contributed by atoms with Crippen molar-refractivity contribution < 1.29 is 14.7 Å². The van der Waals surface area contributed by atoms with Crippen LogP contribution in [0.1, 0.15) is 24.5 Å². The number of oxime groups is 1. The Kier molecular flexibility index (Phi) is 3.50. The lowest BCUT2D eigenvalue weighted by Gasteiger charge is -2.11. The third kappa shape index (κ3) is 2.45. The number of carbonyl (C=O) groups is 1. The standard InChI is InChI=1S/C13H16N2O3/c1-8(13(14)16)7-18-10-3-4-11-9(6-10)2-5-12(11)15-17/h3-4,6,8,17H,2,5,7H2,1H3,(H2,14,16)/b15-12+. The average Bonchev–Trinajstić information content (AvgIpc) is 2.77. The molecule has 0 aliphatic heterocycles. The summed E-state index contributed by atoms with van der Waals surface area (Å²) in [6, 6.07) is 5.60. The van der Waals surface area contributed by atoms with E-state index in [0.717, 1.165) is 24.0 Å². The maximum atomic E-state index is 10.9. The summed E-state index contributed by atoms with van der Waals surface area (Å²) >= 11 is 0. The van der Waals surface area contributed by atoms with E-state index in [1.54, 1.807) is 6.92 Å². The molecule has 0 radical (unpaired) electrons. The third-order valence-corrected chi connectivity index (χ3v) is 3.13. The minimum atomic E-state index is -0.370. The summed E-state index contributed by atoms with van der Waals surface area (Å²) in [6.07, 6.45) is 1.59. The zero-order valence-electron chi connectivity index (χ0n) is 10.2. The number of primary amides is 1. The van der Waals surface area contributed by atoms with Crippen molar-refractivity contribution in [2.75, 3.05) is 6.61 Å². The van der Waals surface area contributed by atoms with Crippen molar-refractivity contribution in [1.29, 1.82) is 0 Å². The predicted octanol–water partition coefficient (Wildman–Crippen LogP) is 1.31. The smallest absolute Gasteiger partial charge is 0.223 e. The minimum Gasteiger partial charge on any atom is -0.493 e. The van der Waals surface area contributed by atoms with Crippen LogP contribution in [0, 0.1) is 5.92 Å². The SMILES string of the molecule is CC(COc1ccc2c(c1)CC/C2=N\O)C(N)=O. The second-order valence-corrected chi connectivity index (χ2v) is 4.48. The second-order valence-electron chi connectivity index (χ2n) is 4.48. The number of carbonyl (C=O) groups excluding carboxylic acids is 1. The van der Waals surface area contributed by atoms with Gasteiger partial charge in [0.05, 0.1) is 18.2 Å². The molecule has 18 heavy (non-hydrogen) atoms. The van der Waals surface area contributed by atoms with E-state index in [9.17, 15) is 4.79 Å². The molecule has 1 aromatic carbocycles. The summed E-state index contributed by atoms with van der Waals surface area (Å²) < 4.78 is 5.52. The molecule has 0 fully saturated rings. The maximum absolute atomic E-state index is 10.9. The number of fused-ring (bicyclic) bond motifs is 1. The maximum Gasteiger partial charge on any atom is 0.223 e. The molecule has 3 N–H and O–H groups in total. The molecule has 96 valence electrons. The van der Waals surface area contributed by atoms with Gasteiger partial charge in [-0.2, -0.15) is 0 Å². The summed E-state index contributed by atoms with van der Waals surface area (Å²) in [5, 5.41) is 12.1. The number of aryl methyl sites for hydroxylation is 1. The van der Waals surface area contributed by atoms with Crippen molar-refractivity contribution in [3.63, 3.8) is 0 Å². The summed E-state index contributed by atoms with van der Waals surface area (Å²) in [5.74, 6) is 0.0275. The number of amides is 1. The highest BCUT2D eigenvalue weighted by Crippen LogP contribution is 2.26. The Bertz CT molecular complexity index is 497. The Morgan fingerprint density at radius 1 is 1.56 bits per heavy atom. The molecule has 0 saturated carbocycles. The van der Waals surface area contributed by atoms with Crippen LogP contribution in [-0.2, 0) is 11.2 Å². The number of hydrogen-bond acceptors (Lipinski definition) is 4. The van der Waals surface area contributed by atoms with Crippen molar-refractivity contribution in [2.24, 2.45) is 16.8 Å². The minimum absolute atomic E-state index is 0.273. The molecule has 1 aromatic rings. The van der Waals surface area contributed by atoms with Crippen LogP contribution in [-0.4, -0.2) is 23.4 Å². The van der Waals surface area contributed by atoms with Crippen LogP contribution < -0.4 is 10.5 Å². The van der Waals surface area contributed by atoms with E-state index < -0.39 is 0 Å². The number of nitrogens with zero attached hydrogens (tertiary/aromatic N) is 1. The predicted molar refractivity (Wildman–Crippen MR) is 66.9 cm³/mol. The van der Waals surface area contributed by atoms with Crippen LogP contribution in [0.25, 0.3) is 0 Å². The Morgan fingerprint density at radius 3 is 3.00 bits per heavy atom. The fraction of sp³-hybridized carbons (Fsp3) is 0.385. The molecule has 1 unspecified atom stereocenters. The zero-order valence-corrected chi connectivity index (χ0v) is 10.2. The Hall–Kier alpha value is -2.04. The molecule has 0 spiro atoms. The van der Waals surface area contributed by atoms with Crippen LogP contribution in [0.3, 0.4) is 0 Å². The first-order valence-corrected chi connectivity index (χ1v) is 5.88. The summed E-state index contributed by atoms with van der Waals surface area (Å²) in [7, 11) is 0. The van der Waals surface area contributed by atoms with Gasteiger partial charge in [0.1, 0.15) is 5.75 Å². The zero-order chi connectivity index (χ0) is 13.1. The molecule has 1 amide bonds. The highest BCUT2D eigenvalue weighted by atomic mass is 16.5. The first kappa shape index (κ1) is 12.4. The normalized spacial score (nSPS) is 17.5. The Morgan fingerprint density at radius 2 is 2.33 bits per heavy atom. The van der Waals surface area contributed by atoms with Gasteiger partial charge in [-0.1, -0.05) is 12.1 Å². The quantitative estimate of drug-likeness (QED) is 0.622. The third-order valence-electron chi connectivity index (χ3n) is 3.13. The number of rotatable bonds is 4. The van der Waals surface area contributed by atoms with Crippen molar-refractivity contribution in [3.8, 4) is 5.75 Å². The molecular weight excluding hydrogens is 232 g/mol. The summed E-state index contributed by atoms with van der Waals surface area (Å²) in [4.78, 5) is 10.9. The van der Waals surface area contributed by atoms with Crippen molar-refractivity contribution in [3.05, 3.63) is 29.3 Å². The largest absolute Gasteiger partial charge is 0.493 e. The van der Waals surface area contributed by atoms with Crippen molar-refractivity contribution in [2.45, 2.75) is 19.8 Å². The molecule has 5 heteroatoms. The molecular formula is C13H16N2O3. The molecule has 1 atom stereocenters. The van der Waals surface area contributed by atoms with Gasteiger partial charge in [0, 0.05) is 5.56 Å². The molecule has 0 saturated heterocycles. The Balaban J connectivity index is 2.07. The van der Waals surface area contributed by atoms with Crippen LogP contribution >= 0.6 is 0 Å². The number of benzene rings is 1. The van der Waals surface area contributed by atoms with E-state index in [4.69, 9.17) is 15.7 Å². The van der Waals surface area contributed by atoms with Gasteiger partial charge in [0.2, 0.25) is 5.91 Å². The lowest BCUT2D eigenvalue weighted by atomic mass is 10.1. The molecule has 0 heterocycles. The van der Waals surface area contributed by atoms with Gasteiger partial charge in [-0.05, 0) is 36.6 Å². The number of hydrogen-bond donors (Lipinski definition) is 2. The molecule has 2 rings (SSSR count). The van der Waals surface area contributed by atoms with E-state index in [-0.39, 0.29) is 18.4 Å². The van der Waals surface area contributed by atoms with E-state index in [1.807, 2.05) is 18.2 Å². The molecule has 0 aromatic heterocycles. The lowest BCUT2D eigenvalue weighted by Crippen LogP contribution is -2.25. The fourth-order valence-corrected chi connectivity index (χ4v) is 1.94. The van der Waals surface area contributed by atoms with Gasteiger partial charge in [-0.3, -0.25) is 4.79 Å². The van der Waals surface area contributed by atoms with Gasteiger partial charge < -0.3 is 15.7 Å². The highest BCUT2D eigenvalue weighted by molar-refractivity contribution is 6.04. The number of ether oxygens (including phenoxy) is 1. The average molecular weight is 248 g/mol. The van der Waals surface area contributed by atoms with E-state index >= 15 is 0 Å². The Labute approximate surface area is 105 Å². The summed E-state index contributed by atoms with van der Waals surface area (Å²) in [6.45, 7) is 2.00. The van der Waals surface area contributed by atoms with Gasteiger partial charge in [0.15, 0.2) is 0 Å². The molecule has 1 aliphatic rings. The molecule has 1 aliphatic carbocycles. The van der Waals surface area contributed by atoms with E-state index in [2.05, 4.69) is 5.16 Å². The first-order chi connectivity index (χ1) is 8.61. The van der Waals surface area contributed by atoms with E-state index in [1.165, 1.54) is 0 Å². The van der Waals surface area contributed by atoms with Gasteiger partial charge in [-0.25, -0.2) is 0 Å². The molecule has 5 nitrogen and oxygen atoms in total. The van der Waals surface area contributed by atoms with Crippen LogP contribution in [0.15, 0.2) is 23.4 Å². The van der Waals surface area contributed by atoms with Crippen LogP contribution in [0.4, 0.5) is 0 Å². The second kappa shape index (κ2) is 5.08. The first-order valence-electron chi connectivity index (χ1n) is 5.88. The van der Waals surface area contributed by atoms with Gasteiger partial charge in [-0.15, -0.1) is 0 Å². The van der Waals surface area contributed by atoms with Crippen LogP contribution in [0.2, 0.25) is 0 Å². The highest BCUT2D eigenvalue weighted by Gasteiger charge is 2.19. The van der Waals surface area contributed by atoms with Gasteiger partial charge >= 0.3 is 0 Å². The topological polar surface area (TPSA) is 84.9 Å².